The summed E-state index contributed by atoms with van der Waals surface area (Å²) in [5, 5.41) is 13.9. The lowest BCUT2D eigenvalue weighted by atomic mass is 9.93. The molecule has 1 unspecified atom stereocenters. The number of ether oxygens (including phenoxy) is 1. The second-order valence-electron chi connectivity index (χ2n) is 7.90. The molecule has 3 aliphatic rings. The van der Waals surface area contributed by atoms with Crippen LogP contribution in [0, 0.1) is 10.1 Å². The molecule has 0 bridgehead atoms. The number of amidine groups is 1. The molecule has 0 saturated carbocycles. The van der Waals surface area contributed by atoms with E-state index in [1.165, 1.54) is 30.0 Å². The van der Waals surface area contributed by atoms with Crippen LogP contribution in [0.4, 0.5) is 5.69 Å². The van der Waals surface area contributed by atoms with E-state index in [0.29, 0.717) is 22.1 Å². The van der Waals surface area contributed by atoms with E-state index >= 15 is 0 Å². The number of likely N-dealkylation sites (tertiary alicyclic amines) is 1. The van der Waals surface area contributed by atoms with Crippen LogP contribution in [0.15, 0.2) is 64.3 Å². The van der Waals surface area contributed by atoms with Crippen molar-refractivity contribution in [2.75, 3.05) is 19.7 Å². The number of aliphatic imine (C=N–C) groups is 1. The molecule has 0 aromatic heterocycles. The highest BCUT2D eigenvalue weighted by atomic mass is 32.2. The topological polar surface area (TPSA) is 105 Å². The lowest BCUT2D eigenvalue weighted by Crippen LogP contribution is -2.38. The number of rotatable bonds is 7. The van der Waals surface area contributed by atoms with Crippen LogP contribution < -0.4 is 0 Å². The number of amides is 1. The lowest BCUT2D eigenvalue weighted by molar-refractivity contribution is -0.384. The fraction of sp³-hybridized carbons (Fsp3) is 0.348. The molecular weight excluding hydrogens is 444 g/mol. The molecule has 1 saturated heterocycles. The third kappa shape index (κ3) is 4.56. The number of nitrogens with zero attached hydrogens (tertiary/aromatic N) is 4. The molecule has 0 spiro atoms. The Morgan fingerprint density at radius 3 is 2.82 bits per heavy atom. The summed E-state index contributed by atoms with van der Waals surface area (Å²) in [5.74, 6) is -0.561. The summed E-state index contributed by atoms with van der Waals surface area (Å²) in [6.07, 6.45) is 3.62. The van der Waals surface area contributed by atoms with Gasteiger partial charge in [-0.15, -0.1) is 0 Å². The standard InChI is InChI=1S/C23H24N4O5S/c1-3-11-32-22(29)20-15(2)24-23-26(21(20)16-7-6-8-17(12-16)27(30)31)18(14-33-23)13-19(28)25-9-4-5-10-25/h3,6-8,12,14,21H,1,4-5,9-11,13H2,2H3. The smallest absolute Gasteiger partial charge is 0.338 e. The van der Waals surface area contributed by atoms with Crippen molar-refractivity contribution in [3.8, 4) is 0 Å². The summed E-state index contributed by atoms with van der Waals surface area (Å²) in [4.78, 5) is 45.1. The monoisotopic (exact) mass is 468 g/mol. The van der Waals surface area contributed by atoms with Crippen LogP contribution in [-0.4, -0.2) is 51.5 Å². The summed E-state index contributed by atoms with van der Waals surface area (Å²) in [6.45, 7) is 6.81. The van der Waals surface area contributed by atoms with Crippen molar-refractivity contribution in [2.24, 2.45) is 4.99 Å². The fourth-order valence-electron chi connectivity index (χ4n) is 4.20. The number of hydrogen-bond donors (Lipinski definition) is 0. The first-order chi connectivity index (χ1) is 15.9. The van der Waals surface area contributed by atoms with Crippen LogP contribution >= 0.6 is 11.8 Å². The van der Waals surface area contributed by atoms with Gasteiger partial charge in [0.25, 0.3) is 5.69 Å². The van der Waals surface area contributed by atoms with Gasteiger partial charge in [-0.3, -0.25) is 14.9 Å². The van der Waals surface area contributed by atoms with Crippen LogP contribution in [0.5, 0.6) is 0 Å². The highest BCUT2D eigenvalue weighted by Gasteiger charge is 2.41. The molecule has 9 nitrogen and oxygen atoms in total. The van der Waals surface area contributed by atoms with Gasteiger partial charge in [-0.25, -0.2) is 9.79 Å². The maximum atomic E-state index is 13.0. The van der Waals surface area contributed by atoms with E-state index in [-0.39, 0.29) is 30.2 Å². The average molecular weight is 469 g/mol. The van der Waals surface area contributed by atoms with Gasteiger partial charge in [0.1, 0.15) is 6.61 Å². The van der Waals surface area contributed by atoms with Crippen LogP contribution in [0.25, 0.3) is 0 Å². The summed E-state index contributed by atoms with van der Waals surface area (Å²) >= 11 is 1.37. The Balaban J connectivity index is 1.74. The van der Waals surface area contributed by atoms with Crippen LogP contribution in [0.1, 0.15) is 37.8 Å². The van der Waals surface area contributed by atoms with E-state index in [9.17, 15) is 19.7 Å². The van der Waals surface area contributed by atoms with Gasteiger partial charge in [0, 0.05) is 30.9 Å². The highest BCUT2D eigenvalue weighted by molar-refractivity contribution is 8.16. The van der Waals surface area contributed by atoms with Crippen LogP contribution in [0.2, 0.25) is 0 Å². The molecule has 3 aliphatic heterocycles. The number of esters is 1. The molecular formula is C23H24N4O5S. The van der Waals surface area contributed by atoms with Gasteiger partial charge in [0.05, 0.1) is 28.7 Å². The maximum Gasteiger partial charge on any atom is 0.338 e. The van der Waals surface area contributed by atoms with E-state index in [1.807, 2.05) is 15.2 Å². The highest BCUT2D eigenvalue weighted by Crippen LogP contribution is 2.45. The van der Waals surface area contributed by atoms with Crippen molar-refractivity contribution in [1.82, 2.24) is 9.80 Å². The number of fused-ring (bicyclic) bond motifs is 1. The fourth-order valence-corrected chi connectivity index (χ4v) is 5.16. The molecule has 1 aromatic rings. The summed E-state index contributed by atoms with van der Waals surface area (Å²) in [5.41, 5.74) is 1.92. The largest absolute Gasteiger partial charge is 0.458 e. The molecule has 0 radical (unpaired) electrons. The van der Waals surface area contributed by atoms with E-state index in [2.05, 4.69) is 11.6 Å². The Bertz CT molecular complexity index is 1100. The second kappa shape index (κ2) is 9.62. The number of benzene rings is 1. The zero-order chi connectivity index (χ0) is 23.5. The number of carbonyl (C=O) groups is 2. The Labute approximate surface area is 195 Å². The van der Waals surface area contributed by atoms with Gasteiger partial charge in [0.2, 0.25) is 5.91 Å². The molecule has 1 fully saturated rings. The summed E-state index contributed by atoms with van der Waals surface area (Å²) in [7, 11) is 0. The van der Waals surface area contributed by atoms with Gasteiger partial charge in [0.15, 0.2) is 5.17 Å². The number of allylic oxidation sites excluding steroid dienone is 1. The zero-order valence-corrected chi connectivity index (χ0v) is 19.0. The number of thioether (sulfide) groups is 1. The van der Waals surface area contributed by atoms with Crippen molar-refractivity contribution < 1.29 is 19.2 Å². The molecule has 33 heavy (non-hydrogen) atoms. The lowest BCUT2D eigenvalue weighted by Gasteiger charge is -2.36. The third-order valence-corrected chi connectivity index (χ3v) is 6.63. The first kappa shape index (κ1) is 22.8. The molecule has 1 aromatic carbocycles. The normalized spacial score (nSPS) is 19.7. The first-order valence-electron chi connectivity index (χ1n) is 10.6. The molecule has 1 atom stereocenters. The number of nitro groups is 1. The number of nitro benzene ring substituents is 1. The summed E-state index contributed by atoms with van der Waals surface area (Å²) < 4.78 is 5.33. The molecule has 1 amide bonds. The first-order valence-corrected chi connectivity index (χ1v) is 11.5. The maximum absolute atomic E-state index is 13.0. The van der Waals surface area contributed by atoms with Gasteiger partial charge in [-0.2, -0.15) is 0 Å². The third-order valence-electron chi connectivity index (χ3n) is 5.74. The molecule has 0 aliphatic carbocycles. The zero-order valence-electron chi connectivity index (χ0n) is 18.2. The number of carbonyl (C=O) groups excluding carboxylic acids is 2. The Kier molecular flexibility index (Phi) is 6.64. The molecule has 0 N–H and O–H groups in total. The van der Waals surface area contributed by atoms with Gasteiger partial charge in [-0.05, 0) is 30.7 Å². The SMILES string of the molecule is C=CCOC(=O)C1=C(C)N=C2SC=C(CC(=O)N3CCCC3)N2C1c1cccc([N+](=O)[O-])c1. The van der Waals surface area contributed by atoms with Gasteiger partial charge >= 0.3 is 5.97 Å². The molecule has 3 heterocycles. The molecule has 10 heteroatoms. The van der Waals surface area contributed by atoms with Gasteiger partial charge in [-0.1, -0.05) is 36.5 Å². The molecule has 172 valence electrons. The minimum absolute atomic E-state index is 0.0143. The van der Waals surface area contributed by atoms with Crippen molar-refractivity contribution in [3.05, 3.63) is 75.0 Å². The minimum Gasteiger partial charge on any atom is -0.458 e. The summed E-state index contributed by atoms with van der Waals surface area (Å²) in [6, 6.07) is 5.47. The Hall–Kier alpha value is -3.40. The number of hydrogen-bond acceptors (Lipinski definition) is 8. The predicted octanol–water partition coefficient (Wildman–Crippen LogP) is 3.91. The van der Waals surface area contributed by atoms with Crippen LogP contribution in [-0.2, 0) is 14.3 Å². The van der Waals surface area contributed by atoms with E-state index < -0.39 is 16.9 Å². The van der Waals surface area contributed by atoms with E-state index in [1.54, 1.807) is 19.1 Å². The minimum atomic E-state index is -0.706. The predicted molar refractivity (Wildman–Crippen MR) is 125 cm³/mol. The molecule has 4 rings (SSSR count). The van der Waals surface area contributed by atoms with Gasteiger partial charge < -0.3 is 14.5 Å². The van der Waals surface area contributed by atoms with Crippen molar-refractivity contribution in [3.63, 3.8) is 0 Å². The van der Waals surface area contributed by atoms with E-state index in [4.69, 9.17) is 4.74 Å². The quantitative estimate of drug-likeness (QED) is 0.258. The van der Waals surface area contributed by atoms with Crippen molar-refractivity contribution in [2.45, 2.75) is 32.2 Å². The second-order valence-corrected chi connectivity index (χ2v) is 8.73. The number of non-ortho nitro benzene ring substituents is 1. The van der Waals surface area contributed by atoms with E-state index in [0.717, 1.165) is 25.9 Å². The Morgan fingerprint density at radius 2 is 2.12 bits per heavy atom. The van der Waals surface area contributed by atoms with Crippen LogP contribution in [0.3, 0.4) is 0 Å². The van der Waals surface area contributed by atoms with Crippen molar-refractivity contribution in [1.29, 1.82) is 0 Å². The Morgan fingerprint density at radius 1 is 1.36 bits per heavy atom. The van der Waals surface area contributed by atoms with Crippen molar-refractivity contribution >= 4 is 34.5 Å². The average Bonchev–Trinajstić information content (AvgIpc) is 3.47.